The summed E-state index contributed by atoms with van der Waals surface area (Å²) in [6.07, 6.45) is 0. The van der Waals surface area contributed by atoms with Crippen molar-refractivity contribution >= 4 is 23.3 Å². The summed E-state index contributed by atoms with van der Waals surface area (Å²) in [7, 11) is 1.78. The van der Waals surface area contributed by atoms with Gasteiger partial charge in [0.25, 0.3) is 0 Å². The second-order valence-electron chi connectivity index (χ2n) is 5.03. The second-order valence-corrected chi connectivity index (χ2v) is 5.43. The third-order valence-electron chi connectivity index (χ3n) is 3.47. The number of nitrogens with one attached hydrogen (secondary N) is 1. The van der Waals surface area contributed by atoms with Gasteiger partial charge in [-0.1, -0.05) is 11.6 Å². The second kappa shape index (κ2) is 6.74. The highest BCUT2D eigenvalue weighted by Gasteiger charge is 2.20. The number of hydrogen-bond acceptors (Lipinski definition) is 5. The number of piperazine rings is 1. The van der Waals surface area contributed by atoms with Crippen molar-refractivity contribution in [2.24, 2.45) is 0 Å². The zero-order valence-electron chi connectivity index (χ0n) is 12.2. The summed E-state index contributed by atoms with van der Waals surface area (Å²) in [5.41, 5.74) is 1.06. The van der Waals surface area contributed by atoms with E-state index in [1.54, 1.807) is 24.9 Å². The van der Waals surface area contributed by atoms with Crippen molar-refractivity contribution in [1.82, 2.24) is 15.2 Å². The molecule has 0 bridgehead atoms. The molecule has 1 aliphatic rings. The normalized spacial score (nSPS) is 14.7. The highest BCUT2D eigenvalue weighted by Crippen LogP contribution is 2.25. The number of carbonyl (C=O) groups excluding carboxylic acids is 1. The van der Waals surface area contributed by atoms with E-state index in [0.29, 0.717) is 22.1 Å². The van der Waals surface area contributed by atoms with Gasteiger partial charge < -0.3 is 15.1 Å². The third-order valence-corrected chi connectivity index (χ3v) is 3.75. The van der Waals surface area contributed by atoms with Crippen LogP contribution >= 0.6 is 11.6 Å². The average Bonchev–Trinajstić information content (AvgIpc) is 2.49. The molecule has 6 nitrogen and oxygen atoms in total. The van der Waals surface area contributed by atoms with Gasteiger partial charge in [-0.3, -0.25) is 4.79 Å². The first-order chi connectivity index (χ1) is 10.0. The molecule has 0 unspecified atom stereocenters. The van der Waals surface area contributed by atoms with Crippen LogP contribution in [0.3, 0.4) is 0 Å². The number of anilines is 1. The highest BCUT2D eigenvalue weighted by molar-refractivity contribution is 6.33. The molecule has 0 saturated carbocycles. The van der Waals surface area contributed by atoms with Crippen molar-refractivity contribution in [2.45, 2.75) is 6.92 Å². The van der Waals surface area contributed by atoms with Gasteiger partial charge in [-0.2, -0.15) is 5.26 Å². The summed E-state index contributed by atoms with van der Waals surface area (Å²) in [4.78, 5) is 20.1. The van der Waals surface area contributed by atoms with Crippen molar-refractivity contribution in [1.29, 1.82) is 5.26 Å². The van der Waals surface area contributed by atoms with Gasteiger partial charge in [-0.05, 0) is 13.0 Å². The van der Waals surface area contributed by atoms with E-state index in [1.165, 1.54) is 0 Å². The Morgan fingerprint density at radius 1 is 1.57 bits per heavy atom. The van der Waals surface area contributed by atoms with Gasteiger partial charge in [-0.25, -0.2) is 4.98 Å². The number of hydrogen-bond donors (Lipinski definition) is 1. The Morgan fingerprint density at radius 2 is 2.24 bits per heavy atom. The molecule has 7 heteroatoms. The molecule has 1 amide bonds. The van der Waals surface area contributed by atoms with Crippen LogP contribution in [-0.4, -0.2) is 55.6 Å². The first-order valence-electron chi connectivity index (χ1n) is 6.80. The van der Waals surface area contributed by atoms with E-state index in [-0.39, 0.29) is 12.5 Å². The van der Waals surface area contributed by atoms with Crippen LogP contribution in [-0.2, 0) is 4.79 Å². The number of likely N-dealkylation sites (N-methyl/N-ethyl adjacent to an activating group) is 1. The summed E-state index contributed by atoms with van der Waals surface area (Å²) < 4.78 is 0. The number of rotatable bonds is 3. The van der Waals surface area contributed by atoms with E-state index in [2.05, 4.69) is 10.3 Å². The van der Waals surface area contributed by atoms with E-state index >= 15 is 0 Å². The molecule has 0 radical (unpaired) electrons. The predicted octanol–water partition coefficient (Wildman–Crippen LogP) is 0.783. The maximum atomic E-state index is 12.2. The Labute approximate surface area is 129 Å². The van der Waals surface area contributed by atoms with Crippen LogP contribution in [0.1, 0.15) is 11.3 Å². The van der Waals surface area contributed by atoms with Crippen LogP contribution in [0.5, 0.6) is 0 Å². The summed E-state index contributed by atoms with van der Waals surface area (Å²) >= 11 is 6.15. The zero-order valence-corrected chi connectivity index (χ0v) is 12.9. The van der Waals surface area contributed by atoms with Crippen LogP contribution in [0.2, 0.25) is 5.02 Å². The Balaban J connectivity index is 2.09. The minimum Gasteiger partial charge on any atom is -0.349 e. The highest BCUT2D eigenvalue weighted by atomic mass is 35.5. The average molecular weight is 308 g/mol. The molecule has 0 aromatic carbocycles. The Hall–Kier alpha value is -1.84. The van der Waals surface area contributed by atoms with Crippen LogP contribution in [0.4, 0.5) is 5.82 Å². The largest absolute Gasteiger partial charge is 0.349 e. The first-order valence-corrected chi connectivity index (χ1v) is 7.17. The maximum absolute atomic E-state index is 12.2. The molecule has 1 saturated heterocycles. The third kappa shape index (κ3) is 3.63. The fraction of sp³-hybridized carbons (Fsp3) is 0.500. The van der Waals surface area contributed by atoms with Crippen molar-refractivity contribution in [3.63, 3.8) is 0 Å². The van der Waals surface area contributed by atoms with E-state index < -0.39 is 0 Å². The molecule has 0 atom stereocenters. The number of pyridine rings is 1. The Morgan fingerprint density at radius 3 is 2.86 bits per heavy atom. The molecule has 0 spiro atoms. The summed E-state index contributed by atoms with van der Waals surface area (Å²) in [6.45, 7) is 5.07. The molecule has 21 heavy (non-hydrogen) atoms. The topological polar surface area (TPSA) is 72.3 Å². The van der Waals surface area contributed by atoms with E-state index in [0.717, 1.165) is 26.2 Å². The van der Waals surface area contributed by atoms with Crippen LogP contribution in [0.15, 0.2) is 6.07 Å². The first kappa shape index (κ1) is 15.5. The summed E-state index contributed by atoms with van der Waals surface area (Å²) in [5, 5.41) is 12.6. The molecular weight excluding hydrogens is 290 g/mol. The standard InChI is InChI=1S/C14H18ClN5O/c1-10-11(8-16)7-12(15)14(18-10)19(2)9-13(21)20-5-3-17-4-6-20/h7,17H,3-6,9H2,1-2H3. The fourth-order valence-electron chi connectivity index (χ4n) is 2.24. The molecule has 2 heterocycles. The lowest BCUT2D eigenvalue weighted by Crippen LogP contribution is -2.49. The maximum Gasteiger partial charge on any atom is 0.242 e. The van der Waals surface area contributed by atoms with Crippen molar-refractivity contribution in [2.75, 3.05) is 44.7 Å². The van der Waals surface area contributed by atoms with Crippen molar-refractivity contribution in [3.8, 4) is 6.07 Å². The number of amides is 1. The summed E-state index contributed by atoms with van der Waals surface area (Å²) in [5.74, 6) is 0.579. The summed E-state index contributed by atoms with van der Waals surface area (Å²) in [6, 6.07) is 3.64. The number of halogens is 1. The number of carbonyl (C=O) groups is 1. The van der Waals surface area contributed by atoms with Gasteiger partial charge in [-0.15, -0.1) is 0 Å². The van der Waals surface area contributed by atoms with Gasteiger partial charge in [0.15, 0.2) is 0 Å². The minimum atomic E-state index is 0.0545. The lowest BCUT2D eigenvalue weighted by atomic mass is 10.2. The predicted molar refractivity (Wildman–Crippen MR) is 81.4 cm³/mol. The SMILES string of the molecule is Cc1nc(N(C)CC(=O)N2CCNCC2)c(Cl)cc1C#N. The van der Waals surface area contributed by atoms with Gasteiger partial charge in [0.2, 0.25) is 5.91 Å². The Kier molecular flexibility index (Phi) is 4.99. The van der Waals surface area contributed by atoms with Crippen LogP contribution in [0, 0.1) is 18.3 Å². The Bertz CT molecular complexity index is 577. The lowest BCUT2D eigenvalue weighted by molar-refractivity contribution is -0.130. The van der Waals surface area contributed by atoms with Gasteiger partial charge >= 0.3 is 0 Å². The van der Waals surface area contributed by atoms with Crippen LogP contribution in [0.25, 0.3) is 0 Å². The van der Waals surface area contributed by atoms with E-state index in [1.807, 2.05) is 11.0 Å². The smallest absolute Gasteiger partial charge is 0.242 e. The molecular formula is C14H18ClN5O. The molecule has 1 N–H and O–H groups in total. The van der Waals surface area contributed by atoms with E-state index in [4.69, 9.17) is 16.9 Å². The molecule has 2 rings (SSSR count). The van der Waals surface area contributed by atoms with Gasteiger partial charge in [0, 0.05) is 33.2 Å². The van der Waals surface area contributed by atoms with Crippen LogP contribution < -0.4 is 10.2 Å². The zero-order chi connectivity index (χ0) is 15.4. The minimum absolute atomic E-state index is 0.0545. The molecule has 112 valence electrons. The quantitative estimate of drug-likeness (QED) is 0.893. The van der Waals surface area contributed by atoms with Gasteiger partial charge in [0.1, 0.15) is 11.9 Å². The number of aryl methyl sites for hydroxylation is 1. The molecule has 0 aliphatic carbocycles. The van der Waals surface area contributed by atoms with Crippen molar-refractivity contribution < 1.29 is 4.79 Å². The number of nitriles is 1. The molecule has 1 aromatic rings. The van der Waals surface area contributed by atoms with E-state index in [9.17, 15) is 4.79 Å². The number of aromatic nitrogens is 1. The monoisotopic (exact) mass is 307 g/mol. The van der Waals surface area contributed by atoms with Gasteiger partial charge in [0.05, 0.1) is 22.8 Å². The lowest BCUT2D eigenvalue weighted by Gasteiger charge is -2.29. The molecule has 1 fully saturated rings. The number of nitrogens with zero attached hydrogens (tertiary/aromatic N) is 4. The molecule has 1 aliphatic heterocycles. The van der Waals surface area contributed by atoms with Crippen molar-refractivity contribution in [3.05, 3.63) is 22.3 Å². The fourth-order valence-corrected chi connectivity index (χ4v) is 2.54. The molecule has 1 aromatic heterocycles.